The summed E-state index contributed by atoms with van der Waals surface area (Å²) >= 11 is 0. The number of carbonyl (C=O) groups is 3. The minimum absolute atomic E-state index is 0.0275. The Kier molecular flexibility index (Phi) is 13.7. The Bertz CT molecular complexity index is 1890. The fraction of sp³-hybridized carbons (Fsp3) is 0.333. The van der Waals surface area contributed by atoms with Gasteiger partial charge in [0.05, 0.1) is 24.7 Å². The highest BCUT2D eigenvalue weighted by Crippen LogP contribution is 2.50. The van der Waals surface area contributed by atoms with Gasteiger partial charge in [0.1, 0.15) is 12.0 Å². The molecule has 3 atom stereocenters. The van der Waals surface area contributed by atoms with Crippen molar-refractivity contribution in [2.45, 2.75) is 70.9 Å². The topological polar surface area (TPSA) is 105 Å². The molecule has 1 aliphatic rings. The van der Waals surface area contributed by atoms with Gasteiger partial charge in [0.2, 0.25) is 5.91 Å². The van der Waals surface area contributed by atoms with Crippen LogP contribution in [0.1, 0.15) is 50.0 Å². The van der Waals surface area contributed by atoms with Crippen LogP contribution in [0.15, 0.2) is 128 Å². The van der Waals surface area contributed by atoms with Crippen molar-refractivity contribution < 1.29 is 28.7 Å². The molecule has 0 unspecified atom stereocenters. The van der Waals surface area contributed by atoms with Crippen LogP contribution in [0.4, 0.5) is 0 Å². The molecule has 1 aliphatic heterocycles. The van der Waals surface area contributed by atoms with Crippen LogP contribution in [-0.4, -0.2) is 73.3 Å². The molecular formula is C45H55N2O6PSi. The van der Waals surface area contributed by atoms with Gasteiger partial charge in [0.25, 0.3) is 0 Å². The number of nitrogens with zero attached hydrogens (tertiary/aromatic N) is 1. The highest BCUT2D eigenvalue weighted by atomic mass is 31.2. The number of carbonyl (C=O) groups excluding carboxylic acids is 3. The molecule has 0 saturated carbocycles. The smallest absolute Gasteiger partial charge is 0.356 e. The molecule has 1 amide bonds. The van der Waals surface area contributed by atoms with E-state index in [1.807, 2.05) is 110 Å². The van der Waals surface area contributed by atoms with Gasteiger partial charge < -0.3 is 24.5 Å². The average Bonchev–Trinajstić information content (AvgIpc) is 3.17. The summed E-state index contributed by atoms with van der Waals surface area (Å²) in [5.74, 6) is -1.74. The molecule has 8 nitrogen and oxygen atoms in total. The van der Waals surface area contributed by atoms with Gasteiger partial charge in [-0.05, 0) is 46.5 Å². The molecule has 0 radical (unpaired) electrons. The Morgan fingerprint density at radius 3 is 1.85 bits per heavy atom. The van der Waals surface area contributed by atoms with Gasteiger partial charge >= 0.3 is 5.97 Å². The number of amides is 1. The molecule has 1 fully saturated rings. The first-order chi connectivity index (χ1) is 26.3. The average molecular weight is 779 g/mol. The van der Waals surface area contributed by atoms with E-state index in [2.05, 4.69) is 45.8 Å². The summed E-state index contributed by atoms with van der Waals surface area (Å²) in [7, 11) is -2.36. The zero-order valence-electron chi connectivity index (χ0n) is 32.9. The van der Waals surface area contributed by atoms with Crippen LogP contribution < -0.4 is 21.2 Å². The molecule has 10 heteroatoms. The molecular weight excluding hydrogens is 724 g/mol. The minimum Gasteiger partial charge on any atom is -0.457 e. The molecule has 4 aromatic rings. The van der Waals surface area contributed by atoms with Crippen molar-refractivity contribution in [2.75, 3.05) is 19.8 Å². The number of β-lactam (4-membered cyclic amide) rings is 1. The fourth-order valence-corrected chi connectivity index (χ4v) is 12.9. The lowest BCUT2D eigenvalue weighted by Gasteiger charge is -2.53. The maximum Gasteiger partial charge on any atom is 0.356 e. The van der Waals surface area contributed by atoms with Crippen molar-refractivity contribution in [3.05, 3.63) is 139 Å². The molecule has 1 heterocycles. The van der Waals surface area contributed by atoms with Gasteiger partial charge in [-0.15, -0.1) is 0 Å². The van der Waals surface area contributed by atoms with Crippen molar-refractivity contribution in [3.8, 4) is 0 Å². The van der Waals surface area contributed by atoms with E-state index in [1.54, 1.807) is 17.0 Å². The highest BCUT2D eigenvalue weighted by molar-refractivity contribution is 7.96. The van der Waals surface area contributed by atoms with E-state index < -0.39 is 39.2 Å². The molecule has 5 rings (SSSR count). The quantitative estimate of drug-likeness (QED) is 0.0242. The van der Waals surface area contributed by atoms with Crippen LogP contribution in [-0.2, 0) is 25.3 Å². The lowest BCUT2D eigenvalue weighted by molar-refractivity contribution is -0.156. The molecule has 290 valence electrons. The monoisotopic (exact) mass is 778 g/mol. The number of hydrogen-bond donors (Lipinski definition) is 2. The van der Waals surface area contributed by atoms with Crippen LogP contribution in [0, 0.1) is 5.92 Å². The fourth-order valence-electron chi connectivity index (χ4n) is 7.07. The van der Waals surface area contributed by atoms with Crippen LogP contribution in [0.2, 0.25) is 18.1 Å². The van der Waals surface area contributed by atoms with Gasteiger partial charge in [-0.25, -0.2) is 4.79 Å². The lowest BCUT2D eigenvalue weighted by Crippen LogP contribution is -2.69. The number of nitrogens with one attached hydrogen (secondary N) is 1. The van der Waals surface area contributed by atoms with Crippen LogP contribution in [0.5, 0.6) is 0 Å². The second-order valence-electron chi connectivity index (χ2n) is 15.5. The summed E-state index contributed by atoms with van der Waals surface area (Å²) in [5, 5.41) is 14.8. The van der Waals surface area contributed by atoms with E-state index in [9.17, 15) is 9.59 Å². The van der Waals surface area contributed by atoms with E-state index in [0.717, 1.165) is 21.5 Å². The molecule has 1 saturated heterocycles. The number of aliphatic hydroxyl groups excluding tert-OH is 1. The largest absolute Gasteiger partial charge is 0.457 e. The standard InChI is InChI=1S/C45H55N2O6PSi/c1-8-30-52-44(51)43(54(36-18-12-9-13-19-36,37-20-14-10-15-21-37)38-22-16-11-17-23-38)47-39(41(42(47)50)33(2)53-55(6,7)45(3,4)5)31-40(49)35-26-24-34(25-27-35)32-46-28-29-48/h8-27,33,39,41,46,48H,1,28-32H2,2-7H3/t33-,39-,41-/m1/s1. The summed E-state index contributed by atoms with van der Waals surface area (Å²) in [5.41, 5.74) is 1.71. The third kappa shape index (κ3) is 8.87. The Morgan fingerprint density at radius 1 is 0.891 bits per heavy atom. The second kappa shape index (κ2) is 18.1. The Labute approximate surface area is 327 Å². The van der Waals surface area contributed by atoms with E-state index in [4.69, 9.17) is 14.3 Å². The van der Waals surface area contributed by atoms with Gasteiger partial charge in [-0.2, -0.15) is 0 Å². The van der Waals surface area contributed by atoms with Crippen LogP contribution in [0.25, 0.3) is 0 Å². The van der Waals surface area contributed by atoms with Gasteiger partial charge in [-0.3, -0.25) is 9.59 Å². The number of benzene rings is 4. The number of hydrogen-bond acceptors (Lipinski definition) is 7. The maximum absolute atomic E-state index is 15.1. The van der Waals surface area contributed by atoms with Crippen LogP contribution in [0.3, 0.4) is 0 Å². The lowest BCUT2D eigenvalue weighted by atomic mass is 9.79. The summed E-state index contributed by atoms with van der Waals surface area (Å²) in [6.07, 6.45) is 0.967. The summed E-state index contributed by atoms with van der Waals surface area (Å²) in [6.45, 7) is 14.3. The van der Waals surface area contributed by atoms with Crippen molar-refractivity contribution in [1.82, 2.24) is 10.2 Å². The second-order valence-corrected chi connectivity index (χ2v) is 23.6. The first-order valence-electron chi connectivity index (χ1n) is 18.9. The third-order valence-electron chi connectivity index (χ3n) is 10.8. The van der Waals surface area contributed by atoms with Gasteiger partial charge in [-0.1, -0.05) is 149 Å². The molecule has 0 aliphatic carbocycles. The highest BCUT2D eigenvalue weighted by Gasteiger charge is 2.57. The van der Waals surface area contributed by atoms with E-state index in [1.165, 1.54) is 6.08 Å². The zero-order chi connectivity index (χ0) is 39.8. The third-order valence-corrected chi connectivity index (χ3v) is 19.7. The van der Waals surface area contributed by atoms with E-state index in [-0.39, 0.29) is 41.8 Å². The summed E-state index contributed by atoms with van der Waals surface area (Å²) < 4.78 is 12.8. The zero-order valence-corrected chi connectivity index (χ0v) is 34.8. The van der Waals surface area contributed by atoms with Crippen molar-refractivity contribution >= 4 is 54.2 Å². The Balaban J connectivity index is 1.77. The molecule has 2 N–H and O–H groups in total. The number of ketones is 1. The number of likely N-dealkylation sites (tertiary alicyclic amines) is 1. The Hall–Kier alpha value is -4.37. The molecule has 55 heavy (non-hydrogen) atoms. The van der Waals surface area contributed by atoms with Crippen molar-refractivity contribution in [1.29, 1.82) is 0 Å². The normalized spacial score (nSPS) is 16.6. The molecule has 0 spiro atoms. The number of Topliss-reactive ketones (excluding diaryl/α,β-unsaturated/α-hetero) is 1. The van der Waals surface area contributed by atoms with Crippen molar-refractivity contribution in [2.24, 2.45) is 5.92 Å². The Morgan fingerprint density at radius 2 is 1.40 bits per heavy atom. The molecule has 4 aromatic carbocycles. The molecule has 0 aromatic heterocycles. The van der Waals surface area contributed by atoms with Crippen molar-refractivity contribution in [3.63, 3.8) is 0 Å². The molecule has 0 bridgehead atoms. The van der Waals surface area contributed by atoms with E-state index in [0.29, 0.717) is 18.7 Å². The SMILES string of the molecule is C=CCOC(=O)C(N1C(=O)[C@H]([C@@H](C)O[Si](C)(C)C(C)(C)C)[C@H]1CC(=O)c1ccc(CNCCO)cc1)=P(c1ccccc1)(c1ccccc1)c1ccccc1. The van der Waals surface area contributed by atoms with Crippen LogP contribution >= 0.6 is 6.89 Å². The van der Waals surface area contributed by atoms with Gasteiger partial charge in [0.15, 0.2) is 14.1 Å². The predicted molar refractivity (Wildman–Crippen MR) is 227 cm³/mol. The van der Waals surface area contributed by atoms with E-state index >= 15 is 4.79 Å². The maximum atomic E-state index is 15.1. The number of aliphatic hydroxyl groups is 1. The summed E-state index contributed by atoms with van der Waals surface area (Å²) in [4.78, 5) is 46.0. The number of esters is 1. The number of ether oxygens (including phenoxy) is 1. The van der Waals surface area contributed by atoms with Gasteiger partial charge in [0, 0.05) is 32.0 Å². The predicted octanol–water partition coefficient (Wildman–Crippen LogP) is 6.43. The first-order valence-corrected chi connectivity index (χ1v) is 23.6. The minimum atomic E-state index is -3.17. The number of rotatable bonds is 17. The first kappa shape index (κ1) is 41.8. The summed E-state index contributed by atoms with van der Waals surface area (Å²) in [6, 6.07) is 36.2.